The third-order valence-corrected chi connectivity index (χ3v) is 3.71. The highest BCUT2D eigenvalue weighted by Gasteiger charge is 2.17. The largest absolute Gasteiger partial charge is 0.475 e. The average molecular weight is 347 g/mol. The minimum absolute atomic E-state index is 0.0779. The SMILES string of the molecule is Cc1ccc(-c2c(N)nc(-c3ccnc(C#N)c3)nc2OCCO)cc1. The molecule has 0 aliphatic heterocycles. The lowest BCUT2D eigenvalue weighted by atomic mass is 10.1. The second-order valence-electron chi connectivity index (χ2n) is 5.59. The predicted octanol–water partition coefficient (Wildman–Crippen LogP) is 2.34. The molecule has 2 heterocycles. The van der Waals surface area contributed by atoms with E-state index in [1.54, 1.807) is 12.1 Å². The fourth-order valence-electron chi connectivity index (χ4n) is 2.45. The van der Waals surface area contributed by atoms with E-state index in [1.807, 2.05) is 37.3 Å². The zero-order valence-electron chi connectivity index (χ0n) is 14.2. The number of nitrogens with two attached hydrogens (primary N) is 1. The molecular weight excluding hydrogens is 330 g/mol. The zero-order valence-corrected chi connectivity index (χ0v) is 14.2. The Morgan fingerprint density at radius 2 is 1.92 bits per heavy atom. The Morgan fingerprint density at radius 3 is 2.62 bits per heavy atom. The molecule has 0 spiro atoms. The lowest BCUT2D eigenvalue weighted by molar-refractivity contribution is 0.197. The Kier molecular flexibility index (Phi) is 5.06. The molecule has 3 aromatic rings. The number of anilines is 1. The van der Waals surface area contributed by atoms with Crippen LogP contribution < -0.4 is 10.5 Å². The van der Waals surface area contributed by atoms with Crippen molar-refractivity contribution in [1.82, 2.24) is 15.0 Å². The molecule has 0 aliphatic rings. The standard InChI is InChI=1S/C19H17N5O2/c1-12-2-4-13(5-3-12)16-17(21)23-18(24-19(16)26-9-8-25)14-6-7-22-15(10-14)11-20/h2-7,10,25H,8-9H2,1H3,(H2,21,23,24). The molecule has 2 aromatic heterocycles. The van der Waals surface area contributed by atoms with E-state index < -0.39 is 0 Å². The Bertz CT molecular complexity index is 965. The molecule has 0 saturated carbocycles. The molecule has 0 unspecified atom stereocenters. The summed E-state index contributed by atoms with van der Waals surface area (Å²) in [6.45, 7) is 1.92. The molecule has 0 bridgehead atoms. The van der Waals surface area contributed by atoms with Gasteiger partial charge in [0.2, 0.25) is 5.88 Å². The normalized spacial score (nSPS) is 10.3. The number of aliphatic hydroxyl groups is 1. The van der Waals surface area contributed by atoms with Gasteiger partial charge in [-0.05, 0) is 24.6 Å². The summed E-state index contributed by atoms with van der Waals surface area (Å²) in [5.41, 5.74) is 9.56. The first-order chi connectivity index (χ1) is 12.6. The van der Waals surface area contributed by atoms with Crippen LogP contribution in [0.5, 0.6) is 5.88 Å². The van der Waals surface area contributed by atoms with Crippen molar-refractivity contribution >= 4 is 5.82 Å². The molecule has 0 radical (unpaired) electrons. The van der Waals surface area contributed by atoms with Crippen LogP contribution in [0.25, 0.3) is 22.5 Å². The van der Waals surface area contributed by atoms with Crippen molar-refractivity contribution in [3.8, 4) is 34.5 Å². The second-order valence-corrected chi connectivity index (χ2v) is 5.59. The lowest BCUT2D eigenvalue weighted by Gasteiger charge is -2.14. The van der Waals surface area contributed by atoms with E-state index in [0.29, 0.717) is 17.0 Å². The summed E-state index contributed by atoms with van der Waals surface area (Å²) in [7, 11) is 0. The fraction of sp³-hybridized carbons (Fsp3) is 0.158. The van der Waals surface area contributed by atoms with Crippen LogP contribution in [0.2, 0.25) is 0 Å². The summed E-state index contributed by atoms with van der Waals surface area (Å²) in [5, 5.41) is 18.1. The highest BCUT2D eigenvalue weighted by molar-refractivity contribution is 5.80. The molecular formula is C19H17N5O2. The number of nitrogens with zero attached hydrogens (tertiary/aromatic N) is 4. The van der Waals surface area contributed by atoms with Gasteiger partial charge in [-0.2, -0.15) is 10.2 Å². The Balaban J connectivity index is 2.13. The first-order valence-corrected chi connectivity index (χ1v) is 7.97. The van der Waals surface area contributed by atoms with Crippen LogP contribution in [-0.4, -0.2) is 33.3 Å². The molecule has 1 aromatic carbocycles. The summed E-state index contributed by atoms with van der Waals surface area (Å²) in [6.07, 6.45) is 1.51. The van der Waals surface area contributed by atoms with Crippen molar-refractivity contribution in [2.75, 3.05) is 18.9 Å². The molecule has 3 N–H and O–H groups in total. The van der Waals surface area contributed by atoms with Crippen molar-refractivity contribution in [1.29, 1.82) is 5.26 Å². The number of hydrogen-bond acceptors (Lipinski definition) is 7. The molecule has 0 atom stereocenters. The van der Waals surface area contributed by atoms with Crippen LogP contribution in [0, 0.1) is 18.3 Å². The van der Waals surface area contributed by atoms with Gasteiger partial charge in [0, 0.05) is 11.8 Å². The summed E-state index contributed by atoms with van der Waals surface area (Å²) in [6, 6.07) is 13.0. The third-order valence-electron chi connectivity index (χ3n) is 3.71. The van der Waals surface area contributed by atoms with Gasteiger partial charge in [-0.3, -0.25) is 0 Å². The molecule has 26 heavy (non-hydrogen) atoms. The van der Waals surface area contributed by atoms with Crippen LogP contribution in [0.3, 0.4) is 0 Å². The quantitative estimate of drug-likeness (QED) is 0.727. The topological polar surface area (TPSA) is 118 Å². The van der Waals surface area contributed by atoms with Gasteiger partial charge in [-0.15, -0.1) is 0 Å². The Morgan fingerprint density at radius 1 is 1.15 bits per heavy atom. The minimum atomic E-state index is -0.152. The maximum absolute atomic E-state index is 9.11. The van der Waals surface area contributed by atoms with E-state index in [2.05, 4.69) is 15.0 Å². The Hall–Kier alpha value is -3.50. The van der Waals surface area contributed by atoms with Crippen LogP contribution in [-0.2, 0) is 0 Å². The molecule has 0 amide bonds. The highest BCUT2D eigenvalue weighted by Crippen LogP contribution is 2.35. The molecule has 0 saturated heterocycles. The van der Waals surface area contributed by atoms with E-state index in [0.717, 1.165) is 11.1 Å². The number of benzene rings is 1. The van der Waals surface area contributed by atoms with E-state index in [9.17, 15) is 0 Å². The number of nitriles is 1. The number of rotatable bonds is 5. The summed E-state index contributed by atoms with van der Waals surface area (Å²) < 4.78 is 5.61. The van der Waals surface area contributed by atoms with Gasteiger partial charge in [-0.1, -0.05) is 29.8 Å². The monoisotopic (exact) mass is 347 g/mol. The first kappa shape index (κ1) is 17.3. The number of ether oxygens (including phenoxy) is 1. The smallest absolute Gasteiger partial charge is 0.227 e. The number of aromatic nitrogens is 3. The van der Waals surface area contributed by atoms with Crippen LogP contribution in [0.15, 0.2) is 42.6 Å². The lowest BCUT2D eigenvalue weighted by Crippen LogP contribution is -2.08. The van der Waals surface area contributed by atoms with Crippen molar-refractivity contribution in [2.45, 2.75) is 6.92 Å². The maximum atomic E-state index is 9.11. The van der Waals surface area contributed by atoms with Gasteiger partial charge >= 0.3 is 0 Å². The van der Waals surface area contributed by atoms with Crippen molar-refractivity contribution in [2.24, 2.45) is 0 Å². The molecule has 0 fully saturated rings. The van der Waals surface area contributed by atoms with Crippen LogP contribution >= 0.6 is 0 Å². The highest BCUT2D eigenvalue weighted by atomic mass is 16.5. The van der Waals surface area contributed by atoms with Crippen LogP contribution in [0.4, 0.5) is 5.82 Å². The molecule has 3 rings (SSSR count). The van der Waals surface area contributed by atoms with E-state index in [4.69, 9.17) is 20.8 Å². The van der Waals surface area contributed by atoms with Crippen molar-refractivity contribution in [3.05, 3.63) is 53.9 Å². The number of aliphatic hydroxyl groups excluding tert-OH is 1. The predicted molar refractivity (Wildman–Crippen MR) is 97.1 cm³/mol. The van der Waals surface area contributed by atoms with Gasteiger partial charge in [0.1, 0.15) is 24.2 Å². The first-order valence-electron chi connectivity index (χ1n) is 7.97. The summed E-state index contributed by atoms with van der Waals surface area (Å²) in [5.74, 6) is 0.855. The number of nitrogen functional groups attached to an aromatic ring is 1. The van der Waals surface area contributed by atoms with Gasteiger partial charge in [0.25, 0.3) is 0 Å². The molecule has 130 valence electrons. The molecule has 7 heteroatoms. The fourth-order valence-corrected chi connectivity index (χ4v) is 2.45. The molecule has 7 nitrogen and oxygen atoms in total. The summed E-state index contributed by atoms with van der Waals surface area (Å²) in [4.78, 5) is 12.8. The third kappa shape index (κ3) is 3.61. The number of aryl methyl sites for hydroxylation is 1. The Labute approximate surface area is 150 Å². The van der Waals surface area contributed by atoms with Gasteiger partial charge in [0.05, 0.1) is 12.2 Å². The maximum Gasteiger partial charge on any atom is 0.227 e. The summed E-state index contributed by atoms with van der Waals surface area (Å²) >= 11 is 0. The average Bonchev–Trinajstić information content (AvgIpc) is 2.67. The number of pyridine rings is 1. The number of hydrogen-bond donors (Lipinski definition) is 2. The van der Waals surface area contributed by atoms with Gasteiger partial charge in [-0.25, -0.2) is 9.97 Å². The van der Waals surface area contributed by atoms with E-state index in [1.165, 1.54) is 6.20 Å². The van der Waals surface area contributed by atoms with Crippen molar-refractivity contribution in [3.63, 3.8) is 0 Å². The second kappa shape index (κ2) is 7.59. The minimum Gasteiger partial charge on any atom is -0.475 e. The zero-order chi connectivity index (χ0) is 18.5. The van der Waals surface area contributed by atoms with E-state index in [-0.39, 0.29) is 30.6 Å². The molecule has 0 aliphatic carbocycles. The van der Waals surface area contributed by atoms with Crippen molar-refractivity contribution < 1.29 is 9.84 Å². The van der Waals surface area contributed by atoms with Gasteiger partial charge < -0.3 is 15.6 Å². The van der Waals surface area contributed by atoms with E-state index >= 15 is 0 Å². The van der Waals surface area contributed by atoms with Crippen LogP contribution in [0.1, 0.15) is 11.3 Å². The van der Waals surface area contributed by atoms with Gasteiger partial charge in [0.15, 0.2) is 5.82 Å².